The molecule has 1 aliphatic rings. The van der Waals surface area contributed by atoms with Crippen molar-refractivity contribution in [2.75, 3.05) is 0 Å². The lowest BCUT2D eigenvalue weighted by Gasteiger charge is -2.16. The molecule has 0 aromatic carbocycles. The first-order valence-corrected chi connectivity index (χ1v) is 5.17. The molecule has 0 saturated heterocycles. The van der Waals surface area contributed by atoms with Gasteiger partial charge in [0.05, 0.1) is 0 Å². The van der Waals surface area contributed by atoms with Gasteiger partial charge in [-0.15, -0.1) is 0 Å². The monoisotopic (exact) mass is 198 g/mol. The Balaban J connectivity index is 2.29. The van der Waals surface area contributed by atoms with Gasteiger partial charge in [0.25, 0.3) is 0 Å². The molecule has 0 spiro atoms. The number of hydrogen-bond acceptors (Lipinski definition) is 2. The van der Waals surface area contributed by atoms with Gasteiger partial charge in [-0.05, 0) is 19.8 Å². The maximum Gasteiger partial charge on any atom is 0.242 e. The molecule has 14 heavy (non-hydrogen) atoms. The maximum atomic E-state index is 11.5. The summed E-state index contributed by atoms with van der Waals surface area (Å²) in [5, 5.41) is 5.50. The summed E-state index contributed by atoms with van der Waals surface area (Å²) >= 11 is 0. The van der Waals surface area contributed by atoms with Crippen molar-refractivity contribution in [1.29, 1.82) is 0 Å². The molecule has 0 aliphatic heterocycles. The number of carbonyl (C=O) groups is 2. The van der Waals surface area contributed by atoms with Crippen LogP contribution in [0.15, 0.2) is 0 Å². The minimum atomic E-state index is -0.423. The summed E-state index contributed by atoms with van der Waals surface area (Å²) in [6.07, 6.45) is 4.52. The zero-order chi connectivity index (χ0) is 10.6. The van der Waals surface area contributed by atoms with E-state index in [9.17, 15) is 9.59 Å². The van der Waals surface area contributed by atoms with Crippen molar-refractivity contribution < 1.29 is 9.59 Å². The van der Waals surface area contributed by atoms with E-state index in [0.717, 1.165) is 12.8 Å². The van der Waals surface area contributed by atoms with E-state index in [1.165, 1.54) is 19.8 Å². The van der Waals surface area contributed by atoms with Gasteiger partial charge in [0.2, 0.25) is 11.8 Å². The van der Waals surface area contributed by atoms with E-state index < -0.39 is 6.04 Å². The Morgan fingerprint density at radius 1 is 1.29 bits per heavy atom. The molecule has 4 nitrogen and oxygen atoms in total. The fraction of sp³-hybridized carbons (Fsp3) is 0.800. The lowest BCUT2D eigenvalue weighted by atomic mass is 10.2. The topological polar surface area (TPSA) is 58.2 Å². The third kappa shape index (κ3) is 3.36. The van der Waals surface area contributed by atoms with E-state index in [0.29, 0.717) is 6.04 Å². The summed E-state index contributed by atoms with van der Waals surface area (Å²) in [7, 11) is 0. The summed E-state index contributed by atoms with van der Waals surface area (Å²) in [6.45, 7) is 3.12. The van der Waals surface area contributed by atoms with Crippen molar-refractivity contribution in [2.24, 2.45) is 0 Å². The van der Waals surface area contributed by atoms with Crippen LogP contribution in [0, 0.1) is 0 Å². The predicted molar refractivity (Wildman–Crippen MR) is 53.7 cm³/mol. The molecule has 2 amide bonds. The van der Waals surface area contributed by atoms with Crippen molar-refractivity contribution in [1.82, 2.24) is 10.6 Å². The van der Waals surface area contributed by atoms with Crippen LogP contribution in [0.4, 0.5) is 0 Å². The van der Waals surface area contributed by atoms with Crippen LogP contribution in [0.3, 0.4) is 0 Å². The summed E-state index contributed by atoms with van der Waals surface area (Å²) in [4.78, 5) is 22.2. The van der Waals surface area contributed by atoms with Crippen LogP contribution < -0.4 is 10.6 Å². The molecule has 0 aromatic heterocycles. The molecule has 1 unspecified atom stereocenters. The molecule has 4 heteroatoms. The Morgan fingerprint density at radius 2 is 1.86 bits per heavy atom. The zero-order valence-corrected chi connectivity index (χ0v) is 8.80. The second-order valence-electron chi connectivity index (χ2n) is 3.91. The lowest BCUT2D eigenvalue weighted by Crippen LogP contribution is -2.46. The minimum absolute atomic E-state index is 0.0768. The van der Waals surface area contributed by atoms with Crippen molar-refractivity contribution in [2.45, 2.75) is 51.6 Å². The van der Waals surface area contributed by atoms with Crippen molar-refractivity contribution >= 4 is 11.8 Å². The van der Waals surface area contributed by atoms with Crippen LogP contribution in [-0.2, 0) is 9.59 Å². The van der Waals surface area contributed by atoms with Gasteiger partial charge in [-0.25, -0.2) is 0 Å². The average molecular weight is 198 g/mol. The first kappa shape index (κ1) is 11.0. The molecule has 1 saturated carbocycles. The Bertz CT molecular complexity index is 222. The molecule has 0 aromatic rings. The van der Waals surface area contributed by atoms with E-state index in [-0.39, 0.29) is 11.8 Å². The van der Waals surface area contributed by atoms with Gasteiger partial charge in [0.15, 0.2) is 0 Å². The third-order valence-corrected chi connectivity index (χ3v) is 2.51. The average Bonchev–Trinajstić information content (AvgIpc) is 2.55. The van der Waals surface area contributed by atoms with Crippen LogP contribution in [0.5, 0.6) is 0 Å². The number of nitrogens with one attached hydrogen (secondary N) is 2. The van der Waals surface area contributed by atoms with Crippen LogP contribution >= 0.6 is 0 Å². The highest BCUT2D eigenvalue weighted by atomic mass is 16.2. The number of amides is 2. The van der Waals surface area contributed by atoms with Crippen LogP contribution in [-0.4, -0.2) is 23.9 Å². The first-order chi connectivity index (χ1) is 6.59. The largest absolute Gasteiger partial charge is 0.352 e. The van der Waals surface area contributed by atoms with Crippen molar-refractivity contribution in [3.8, 4) is 0 Å². The molecule has 2 N–H and O–H groups in total. The maximum absolute atomic E-state index is 11.5. The third-order valence-electron chi connectivity index (χ3n) is 2.51. The number of carbonyl (C=O) groups excluding carboxylic acids is 2. The molecule has 1 rings (SSSR count). The van der Waals surface area contributed by atoms with E-state index in [1.54, 1.807) is 6.92 Å². The van der Waals surface area contributed by atoms with Gasteiger partial charge in [-0.1, -0.05) is 12.8 Å². The van der Waals surface area contributed by atoms with Gasteiger partial charge in [0, 0.05) is 13.0 Å². The molecular formula is C10H18N2O2. The molecule has 1 aliphatic carbocycles. The Kier molecular flexibility index (Phi) is 3.92. The first-order valence-electron chi connectivity index (χ1n) is 5.17. The van der Waals surface area contributed by atoms with Gasteiger partial charge < -0.3 is 10.6 Å². The highest BCUT2D eigenvalue weighted by Crippen LogP contribution is 2.17. The number of rotatable bonds is 3. The predicted octanol–water partition coefficient (Wildman–Crippen LogP) is 0.570. The van der Waals surface area contributed by atoms with Gasteiger partial charge >= 0.3 is 0 Å². The molecule has 1 atom stereocenters. The van der Waals surface area contributed by atoms with E-state index in [4.69, 9.17) is 0 Å². The number of hydrogen-bond donors (Lipinski definition) is 2. The van der Waals surface area contributed by atoms with E-state index >= 15 is 0 Å². The summed E-state index contributed by atoms with van der Waals surface area (Å²) in [6, 6.07) is -0.105. The highest BCUT2D eigenvalue weighted by molar-refractivity contribution is 5.86. The normalized spacial score (nSPS) is 19.0. The molecular weight excluding hydrogens is 180 g/mol. The summed E-state index contributed by atoms with van der Waals surface area (Å²) in [5.74, 6) is -0.244. The summed E-state index contributed by atoms with van der Waals surface area (Å²) in [5.41, 5.74) is 0. The lowest BCUT2D eigenvalue weighted by molar-refractivity contribution is -0.128. The van der Waals surface area contributed by atoms with Crippen LogP contribution in [0.1, 0.15) is 39.5 Å². The SMILES string of the molecule is CC(=O)NC(C)C(=O)NC1CCCC1. The van der Waals surface area contributed by atoms with Crippen molar-refractivity contribution in [3.05, 3.63) is 0 Å². The highest BCUT2D eigenvalue weighted by Gasteiger charge is 2.20. The fourth-order valence-corrected chi connectivity index (χ4v) is 1.77. The molecule has 0 bridgehead atoms. The fourth-order valence-electron chi connectivity index (χ4n) is 1.77. The van der Waals surface area contributed by atoms with Crippen molar-refractivity contribution in [3.63, 3.8) is 0 Å². The van der Waals surface area contributed by atoms with E-state index in [2.05, 4.69) is 10.6 Å². The quantitative estimate of drug-likeness (QED) is 0.696. The molecule has 1 fully saturated rings. The van der Waals surface area contributed by atoms with Crippen LogP contribution in [0.25, 0.3) is 0 Å². The van der Waals surface area contributed by atoms with Gasteiger partial charge in [0.1, 0.15) is 6.04 Å². The molecule has 80 valence electrons. The van der Waals surface area contributed by atoms with Crippen LogP contribution in [0.2, 0.25) is 0 Å². The molecule has 0 heterocycles. The van der Waals surface area contributed by atoms with E-state index in [1.807, 2.05) is 0 Å². The zero-order valence-electron chi connectivity index (χ0n) is 8.80. The van der Waals surface area contributed by atoms with Gasteiger partial charge in [-0.3, -0.25) is 9.59 Å². The Morgan fingerprint density at radius 3 is 2.36 bits per heavy atom. The second-order valence-corrected chi connectivity index (χ2v) is 3.91. The summed E-state index contributed by atoms with van der Waals surface area (Å²) < 4.78 is 0. The Labute approximate surface area is 84.4 Å². The van der Waals surface area contributed by atoms with Gasteiger partial charge in [-0.2, -0.15) is 0 Å². The standard InChI is InChI=1S/C10H18N2O2/c1-7(11-8(2)13)10(14)12-9-5-3-4-6-9/h7,9H,3-6H2,1-2H3,(H,11,13)(H,12,14). The second kappa shape index (κ2) is 4.98. The smallest absolute Gasteiger partial charge is 0.242 e. The molecule has 0 radical (unpaired) electrons. The Hall–Kier alpha value is -1.06. The minimum Gasteiger partial charge on any atom is -0.352 e.